The number of allylic oxidation sites excluding steroid dienone is 1. The highest BCUT2D eigenvalue weighted by Crippen LogP contribution is 2.43. The van der Waals surface area contributed by atoms with Crippen LogP contribution in [0.1, 0.15) is 42.6 Å². The topological polar surface area (TPSA) is 132 Å². The fourth-order valence-corrected chi connectivity index (χ4v) is 3.89. The summed E-state index contributed by atoms with van der Waals surface area (Å²) in [4.78, 5) is 40.2. The van der Waals surface area contributed by atoms with E-state index in [1.807, 2.05) is 0 Å². The Morgan fingerprint density at radius 1 is 0.944 bits per heavy atom. The number of nitrogens with zero attached hydrogens (tertiary/aromatic N) is 2. The minimum atomic E-state index is -0.983. The number of rotatable bonds is 5. The SMILES string of the molecule is COC(=O)C1=C(C(=O)OC)N(c2cccc(C(=O)OC(C)(C)C)c2)C(N)=C(C#N)C1c1ccccc1. The van der Waals surface area contributed by atoms with Gasteiger partial charge in [0.2, 0.25) is 0 Å². The summed E-state index contributed by atoms with van der Waals surface area (Å²) in [6, 6.07) is 16.9. The van der Waals surface area contributed by atoms with Gasteiger partial charge in [0.25, 0.3) is 0 Å². The summed E-state index contributed by atoms with van der Waals surface area (Å²) in [6.45, 7) is 5.22. The minimum Gasteiger partial charge on any atom is -0.466 e. The van der Waals surface area contributed by atoms with Crippen LogP contribution in [0.15, 0.2) is 77.3 Å². The first-order valence-corrected chi connectivity index (χ1v) is 11.0. The first-order valence-electron chi connectivity index (χ1n) is 11.0. The highest BCUT2D eigenvalue weighted by molar-refractivity contribution is 6.06. The van der Waals surface area contributed by atoms with E-state index in [1.165, 1.54) is 18.1 Å². The van der Waals surface area contributed by atoms with E-state index in [9.17, 15) is 19.6 Å². The van der Waals surface area contributed by atoms with Gasteiger partial charge >= 0.3 is 17.9 Å². The van der Waals surface area contributed by atoms with Crippen molar-refractivity contribution in [2.24, 2.45) is 5.73 Å². The van der Waals surface area contributed by atoms with E-state index < -0.39 is 29.4 Å². The van der Waals surface area contributed by atoms with E-state index in [0.29, 0.717) is 5.56 Å². The van der Waals surface area contributed by atoms with Crippen molar-refractivity contribution in [3.05, 3.63) is 88.4 Å². The molecular formula is C27H27N3O6. The lowest BCUT2D eigenvalue weighted by Crippen LogP contribution is -2.40. The van der Waals surface area contributed by atoms with E-state index in [2.05, 4.69) is 6.07 Å². The zero-order valence-electron chi connectivity index (χ0n) is 20.7. The van der Waals surface area contributed by atoms with Gasteiger partial charge in [0, 0.05) is 5.69 Å². The molecule has 0 fully saturated rings. The number of carbonyl (C=O) groups is 3. The molecule has 2 aromatic carbocycles. The standard InChI is InChI=1S/C27H27N3O6/c1-27(2,3)36-24(31)17-12-9-13-18(14-17)30-22(26(33)35-5)21(25(32)34-4)20(19(15-28)23(30)29)16-10-7-6-8-11-16/h6-14,20H,29H2,1-5H3. The second-order valence-electron chi connectivity index (χ2n) is 8.89. The van der Waals surface area contributed by atoms with Crippen LogP contribution >= 0.6 is 0 Å². The molecule has 3 rings (SSSR count). The third kappa shape index (κ3) is 5.08. The molecule has 9 nitrogen and oxygen atoms in total. The lowest BCUT2D eigenvalue weighted by Gasteiger charge is -2.36. The number of anilines is 1. The van der Waals surface area contributed by atoms with E-state index in [-0.39, 0.29) is 33.9 Å². The average Bonchev–Trinajstić information content (AvgIpc) is 2.86. The number of nitriles is 1. The molecule has 1 aliphatic rings. The molecule has 0 aromatic heterocycles. The summed E-state index contributed by atoms with van der Waals surface area (Å²) in [7, 11) is 2.34. The molecule has 0 amide bonds. The predicted molar refractivity (Wildman–Crippen MR) is 131 cm³/mol. The van der Waals surface area contributed by atoms with Crippen molar-refractivity contribution in [2.45, 2.75) is 32.3 Å². The Bertz CT molecular complexity index is 1300. The lowest BCUT2D eigenvalue weighted by atomic mass is 9.81. The largest absolute Gasteiger partial charge is 0.466 e. The molecular weight excluding hydrogens is 462 g/mol. The van der Waals surface area contributed by atoms with Gasteiger partial charge in [0.1, 0.15) is 17.1 Å². The summed E-state index contributed by atoms with van der Waals surface area (Å²) < 4.78 is 15.5. The molecule has 1 heterocycles. The summed E-state index contributed by atoms with van der Waals surface area (Å²) in [5, 5.41) is 10.1. The first kappa shape index (κ1) is 26.0. The number of hydrogen-bond donors (Lipinski definition) is 1. The lowest BCUT2D eigenvalue weighted by molar-refractivity contribution is -0.139. The van der Waals surface area contributed by atoms with Crippen molar-refractivity contribution in [3.8, 4) is 6.07 Å². The molecule has 186 valence electrons. The molecule has 0 radical (unpaired) electrons. The fourth-order valence-electron chi connectivity index (χ4n) is 3.89. The summed E-state index contributed by atoms with van der Waals surface area (Å²) in [5.74, 6) is -3.39. The van der Waals surface area contributed by atoms with Crippen LogP contribution in [0.2, 0.25) is 0 Å². The monoisotopic (exact) mass is 489 g/mol. The van der Waals surface area contributed by atoms with Crippen molar-refractivity contribution in [3.63, 3.8) is 0 Å². The molecule has 36 heavy (non-hydrogen) atoms. The number of nitrogens with two attached hydrogens (primary N) is 1. The Labute approximate surface area is 209 Å². The van der Waals surface area contributed by atoms with E-state index in [0.717, 1.165) is 7.11 Å². The molecule has 0 spiro atoms. The van der Waals surface area contributed by atoms with E-state index in [1.54, 1.807) is 69.3 Å². The van der Waals surface area contributed by atoms with Crippen molar-refractivity contribution in [2.75, 3.05) is 19.1 Å². The average molecular weight is 490 g/mol. The van der Waals surface area contributed by atoms with E-state index >= 15 is 0 Å². The van der Waals surface area contributed by atoms with Crippen LogP contribution < -0.4 is 10.6 Å². The maximum Gasteiger partial charge on any atom is 0.355 e. The van der Waals surface area contributed by atoms with E-state index in [4.69, 9.17) is 19.9 Å². The third-order valence-corrected chi connectivity index (χ3v) is 5.35. The van der Waals surface area contributed by atoms with Gasteiger partial charge in [-0.25, -0.2) is 14.4 Å². The zero-order chi connectivity index (χ0) is 26.6. The van der Waals surface area contributed by atoms with Crippen molar-refractivity contribution in [1.29, 1.82) is 5.26 Å². The zero-order valence-corrected chi connectivity index (χ0v) is 20.7. The second-order valence-corrected chi connectivity index (χ2v) is 8.89. The van der Waals surface area contributed by atoms with Crippen LogP contribution in [0, 0.1) is 11.3 Å². The van der Waals surface area contributed by atoms with Crippen LogP contribution in [0.3, 0.4) is 0 Å². The molecule has 1 aliphatic heterocycles. The number of methoxy groups -OCH3 is 2. The molecule has 9 heteroatoms. The Morgan fingerprint density at radius 2 is 1.58 bits per heavy atom. The quantitative estimate of drug-likeness (QED) is 0.495. The van der Waals surface area contributed by atoms with Crippen LogP contribution in [0.4, 0.5) is 5.69 Å². The Kier molecular flexibility index (Phi) is 7.49. The molecule has 0 saturated heterocycles. The van der Waals surface area contributed by atoms with Gasteiger partial charge in [0.15, 0.2) is 0 Å². The fraction of sp³-hybridized carbons (Fsp3) is 0.259. The second kappa shape index (κ2) is 10.4. The molecule has 0 bridgehead atoms. The van der Waals surface area contributed by atoms with Crippen LogP contribution in [-0.4, -0.2) is 37.7 Å². The van der Waals surface area contributed by atoms with Crippen molar-refractivity contribution in [1.82, 2.24) is 0 Å². The van der Waals surface area contributed by atoms with Gasteiger partial charge in [-0.1, -0.05) is 36.4 Å². The highest BCUT2D eigenvalue weighted by atomic mass is 16.6. The maximum absolute atomic E-state index is 13.1. The van der Waals surface area contributed by atoms with Gasteiger partial charge in [-0.15, -0.1) is 0 Å². The summed E-state index contributed by atoms with van der Waals surface area (Å²) in [5.41, 5.74) is 6.41. The molecule has 1 unspecified atom stereocenters. The number of benzene rings is 2. The Hall–Kier alpha value is -4.58. The number of esters is 3. The van der Waals surface area contributed by atoms with Gasteiger partial charge in [-0.2, -0.15) is 5.26 Å². The number of carbonyl (C=O) groups excluding carboxylic acids is 3. The first-order chi connectivity index (χ1) is 17.0. The van der Waals surface area contributed by atoms with Crippen LogP contribution in [0.5, 0.6) is 0 Å². The molecule has 0 saturated carbocycles. The predicted octanol–water partition coefficient (Wildman–Crippen LogP) is 3.54. The smallest absolute Gasteiger partial charge is 0.355 e. The normalized spacial score (nSPS) is 15.8. The number of ether oxygens (including phenoxy) is 3. The van der Waals surface area contributed by atoms with Crippen LogP contribution in [0.25, 0.3) is 0 Å². The minimum absolute atomic E-state index is 0.0249. The van der Waals surface area contributed by atoms with Gasteiger partial charge < -0.3 is 19.9 Å². The summed E-state index contributed by atoms with van der Waals surface area (Å²) in [6.07, 6.45) is 0. The molecule has 0 aliphatic carbocycles. The third-order valence-electron chi connectivity index (χ3n) is 5.35. The van der Waals surface area contributed by atoms with Crippen LogP contribution in [-0.2, 0) is 23.8 Å². The van der Waals surface area contributed by atoms with Gasteiger partial charge in [-0.05, 0) is 44.5 Å². The number of hydrogen-bond acceptors (Lipinski definition) is 9. The summed E-state index contributed by atoms with van der Waals surface area (Å²) >= 11 is 0. The maximum atomic E-state index is 13.1. The van der Waals surface area contributed by atoms with Gasteiger partial charge in [0.05, 0.1) is 42.9 Å². The molecule has 2 N–H and O–H groups in total. The molecule has 2 aromatic rings. The van der Waals surface area contributed by atoms with Gasteiger partial charge in [-0.3, -0.25) is 4.90 Å². The van der Waals surface area contributed by atoms with Crippen molar-refractivity contribution >= 4 is 23.6 Å². The Morgan fingerprint density at radius 3 is 2.14 bits per heavy atom. The Balaban J connectivity index is 2.32. The highest BCUT2D eigenvalue weighted by Gasteiger charge is 2.43. The molecule has 1 atom stereocenters. The van der Waals surface area contributed by atoms with Crippen molar-refractivity contribution < 1.29 is 28.6 Å².